The number of carbonyl (C=O) groups is 2. The third-order valence-corrected chi connectivity index (χ3v) is 2.56. The molecule has 4 nitrogen and oxygen atoms in total. The van der Waals surface area contributed by atoms with Crippen molar-refractivity contribution in [1.82, 2.24) is 10.6 Å². The molecule has 78 valence electrons. The van der Waals surface area contributed by atoms with Crippen molar-refractivity contribution in [1.29, 1.82) is 0 Å². The second-order valence-corrected chi connectivity index (χ2v) is 3.96. The lowest BCUT2D eigenvalue weighted by molar-refractivity contribution is -0.137. The Hall–Kier alpha value is -0.970. The summed E-state index contributed by atoms with van der Waals surface area (Å²) in [6, 6.07) is 0. The SMILES string of the molecule is CCCC(C)C1C(=O)NC(=S)NC1=O. The van der Waals surface area contributed by atoms with Gasteiger partial charge in [0.1, 0.15) is 5.92 Å². The number of hydrogen-bond donors (Lipinski definition) is 2. The van der Waals surface area contributed by atoms with Gasteiger partial charge in [0, 0.05) is 0 Å². The van der Waals surface area contributed by atoms with E-state index in [4.69, 9.17) is 12.2 Å². The number of thiocarbonyl (C=S) groups is 1. The first kappa shape index (κ1) is 11.1. The number of nitrogens with one attached hydrogen (secondary N) is 2. The molecular formula is C9H14N2O2S. The minimum absolute atomic E-state index is 0.0584. The lowest BCUT2D eigenvalue weighted by Gasteiger charge is -2.26. The Labute approximate surface area is 88.4 Å². The molecule has 5 heteroatoms. The van der Waals surface area contributed by atoms with Crippen molar-refractivity contribution in [3.63, 3.8) is 0 Å². The van der Waals surface area contributed by atoms with Crippen molar-refractivity contribution >= 4 is 29.1 Å². The van der Waals surface area contributed by atoms with Crippen molar-refractivity contribution in [2.24, 2.45) is 11.8 Å². The van der Waals surface area contributed by atoms with Crippen LogP contribution in [0.3, 0.4) is 0 Å². The van der Waals surface area contributed by atoms with E-state index in [0.29, 0.717) is 0 Å². The minimum Gasteiger partial charge on any atom is -0.302 e. The Morgan fingerprint density at radius 3 is 2.29 bits per heavy atom. The van der Waals surface area contributed by atoms with Crippen LogP contribution in [0, 0.1) is 11.8 Å². The Bertz CT molecular complexity index is 258. The zero-order valence-electron chi connectivity index (χ0n) is 8.29. The van der Waals surface area contributed by atoms with Crippen LogP contribution in [-0.4, -0.2) is 16.9 Å². The molecule has 1 aliphatic heterocycles. The Balaban J connectivity index is 2.71. The highest BCUT2D eigenvalue weighted by molar-refractivity contribution is 7.80. The zero-order chi connectivity index (χ0) is 10.7. The molecule has 0 aliphatic carbocycles. The van der Waals surface area contributed by atoms with E-state index in [1.165, 1.54) is 0 Å². The molecule has 1 heterocycles. The highest BCUT2D eigenvalue weighted by Crippen LogP contribution is 2.19. The Morgan fingerprint density at radius 1 is 1.36 bits per heavy atom. The molecular weight excluding hydrogens is 200 g/mol. The topological polar surface area (TPSA) is 58.2 Å². The molecule has 0 bridgehead atoms. The number of amides is 2. The average molecular weight is 214 g/mol. The average Bonchev–Trinajstić information content (AvgIpc) is 2.01. The van der Waals surface area contributed by atoms with Crippen molar-refractivity contribution < 1.29 is 9.59 Å². The maximum atomic E-state index is 11.5. The summed E-state index contributed by atoms with van der Waals surface area (Å²) in [6.45, 7) is 3.93. The minimum atomic E-state index is -0.596. The maximum Gasteiger partial charge on any atom is 0.238 e. The normalized spacial score (nSPS) is 20.3. The van der Waals surface area contributed by atoms with Gasteiger partial charge in [0.05, 0.1) is 0 Å². The smallest absolute Gasteiger partial charge is 0.238 e. The quantitative estimate of drug-likeness (QED) is 0.533. The third kappa shape index (κ3) is 2.29. The third-order valence-electron chi connectivity index (χ3n) is 2.35. The molecule has 0 saturated carbocycles. The molecule has 0 radical (unpaired) electrons. The van der Waals surface area contributed by atoms with Crippen molar-refractivity contribution in [2.75, 3.05) is 0 Å². The van der Waals surface area contributed by atoms with Crippen LogP contribution in [0.4, 0.5) is 0 Å². The predicted molar refractivity (Wildman–Crippen MR) is 56.4 cm³/mol. The largest absolute Gasteiger partial charge is 0.302 e. The molecule has 1 fully saturated rings. The molecule has 2 N–H and O–H groups in total. The lowest BCUT2D eigenvalue weighted by atomic mass is 9.88. The maximum absolute atomic E-state index is 11.5. The molecule has 0 spiro atoms. The summed E-state index contributed by atoms with van der Waals surface area (Å²) in [4.78, 5) is 22.9. The summed E-state index contributed by atoms with van der Waals surface area (Å²) in [5.74, 6) is -1.09. The van der Waals surface area contributed by atoms with E-state index in [1.54, 1.807) is 0 Å². The number of hydrogen-bond acceptors (Lipinski definition) is 3. The molecule has 1 atom stereocenters. The summed E-state index contributed by atoms with van der Waals surface area (Å²) >= 11 is 4.70. The van der Waals surface area contributed by atoms with Gasteiger partial charge in [0.15, 0.2) is 5.11 Å². The van der Waals surface area contributed by atoms with Crippen molar-refractivity contribution in [2.45, 2.75) is 26.7 Å². The summed E-state index contributed by atoms with van der Waals surface area (Å²) in [6.07, 6.45) is 1.82. The molecule has 1 rings (SSSR count). The summed E-state index contributed by atoms with van der Waals surface area (Å²) < 4.78 is 0. The second kappa shape index (κ2) is 4.50. The molecule has 1 saturated heterocycles. The van der Waals surface area contributed by atoms with E-state index in [2.05, 4.69) is 10.6 Å². The summed E-state index contributed by atoms with van der Waals surface area (Å²) in [5, 5.41) is 5.03. The van der Waals surface area contributed by atoms with E-state index in [1.807, 2.05) is 13.8 Å². The van der Waals surface area contributed by atoms with Crippen LogP contribution < -0.4 is 10.6 Å². The van der Waals surface area contributed by atoms with Crippen LogP contribution in [0.25, 0.3) is 0 Å². The molecule has 1 unspecified atom stereocenters. The highest BCUT2D eigenvalue weighted by Gasteiger charge is 2.36. The molecule has 0 aromatic rings. The van der Waals surface area contributed by atoms with Gasteiger partial charge in [0.25, 0.3) is 0 Å². The van der Waals surface area contributed by atoms with Crippen LogP contribution in [0.15, 0.2) is 0 Å². The monoisotopic (exact) mass is 214 g/mol. The van der Waals surface area contributed by atoms with E-state index >= 15 is 0 Å². The van der Waals surface area contributed by atoms with E-state index < -0.39 is 5.92 Å². The van der Waals surface area contributed by atoms with Gasteiger partial charge in [0.2, 0.25) is 11.8 Å². The van der Waals surface area contributed by atoms with E-state index in [-0.39, 0.29) is 22.8 Å². The Morgan fingerprint density at radius 2 is 1.86 bits per heavy atom. The second-order valence-electron chi connectivity index (χ2n) is 3.55. The fraction of sp³-hybridized carbons (Fsp3) is 0.667. The molecule has 0 aromatic carbocycles. The fourth-order valence-corrected chi connectivity index (χ4v) is 1.87. The lowest BCUT2D eigenvalue weighted by Crippen LogP contribution is -2.57. The first-order valence-corrected chi connectivity index (χ1v) is 5.12. The van der Waals surface area contributed by atoms with Crippen LogP contribution >= 0.6 is 12.2 Å². The predicted octanol–water partition coefficient (Wildman–Crippen LogP) is 0.570. The summed E-state index contributed by atoms with van der Waals surface area (Å²) in [7, 11) is 0. The van der Waals surface area contributed by atoms with Gasteiger partial charge in [-0.05, 0) is 24.6 Å². The fourth-order valence-electron chi connectivity index (χ4n) is 1.67. The molecule has 2 amide bonds. The van der Waals surface area contributed by atoms with Gasteiger partial charge in [-0.1, -0.05) is 20.3 Å². The zero-order valence-corrected chi connectivity index (χ0v) is 9.11. The van der Waals surface area contributed by atoms with Gasteiger partial charge >= 0.3 is 0 Å². The van der Waals surface area contributed by atoms with Gasteiger partial charge in [-0.25, -0.2) is 0 Å². The van der Waals surface area contributed by atoms with Gasteiger partial charge in [-0.2, -0.15) is 0 Å². The molecule has 1 aliphatic rings. The molecule has 14 heavy (non-hydrogen) atoms. The Kier molecular flexibility index (Phi) is 3.57. The van der Waals surface area contributed by atoms with Gasteiger partial charge in [-0.15, -0.1) is 0 Å². The van der Waals surface area contributed by atoms with Crippen LogP contribution in [0.5, 0.6) is 0 Å². The first-order chi connectivity index (χ1) is 6.56. The van der Waals surface area contributed by atoms with Crippen LogP contribution in [0.2, 0.25) is 0 Å². The van der Waals surface area contributed by atoms with E-state index in [0.717, 1.165) is 12.8 Å². The van der Waals surface area contributed by atoms with Crippen molar-refractivity contribution in [3.05, 3.63) is 0 Å². The van der Waals surface area contributed by atoms with Gasteiger partial charge in [-0.3, -0.25) is 9.59 Å². The standard InChI is InChI=1S/C9H14N2O2S/c1-3-4-5(2)6-7(12)10-9(14)11-8(6)13/h5-6H,3-4H2,1-2H3,(H2,10,11,12,13,14). The van der Waals surface area contributed by atoms with Crippen molar-refractivity contribution in [3.8, 4) is 0 Å². The highest BCUT2D eigenvalue weighted by atomic mass is 32.1. The first-order valence-electron chi connectivity index (χ1n) is 4.72. The number of carbonyl (C=O) groups excluding carboxylic acids is 2. The molecule has 0 aromatic heterocycles. The van der Waals surface area contributed by atoms with E-state index in [9.17, 15) is 9.59 Å². The van der Waals surface area contributed by atoms with Crippen LogP contribution in [0.1, 0.15) is 26.7 Å². The summed E-state index contributed by atoms with van der Waals surface area (Å²) in [5.41, 5.74) is 0. The van der Waals surface area contributed by atoms with Crippen LogP contribution in [-0.2, 0) is 9.59 Å². The van der Waals surface area contributed by atoms with Gasteiger partial charge < -0.3 is 10.6 Å². The number of rotatable bonds is 3.